The molecule has 2 heterocycles. The summed E-state index contributed by atoms with van der Waals surface area (Å²) in [5.74, 6) is -0.211. The average Bonchev–Trinajstić information content (AvgIpc) is 2.86. The van der Waals surface area contributed by atoms with Gasteiger partial charge < -0.3 is 10.6 Å². The SMILES string of the molecule is Fc1ccc2ncccc2c1NC1CCNC1. The quantitative estimate of drug-likeness (QED) is 0.831. The summed E-state index contributed by atoms with van der Waals surface area (Å²) in [4.78, 5) is 4.24. The van der Waals surface area contributed by atoms with E-state index in [0.717, 1.165) is 30.4 Å². The van der Waals surface area contributed by atoms with Crippen LogP contribution >= 0.6 is 0 Å². The predicted molar refractivity (Wildman–Crippen MR) is 66.6 cm³/mol. The number of hydrogen-bond donors (Lipinski definition) is 2. The molecule has 0 radical (unpaired) electrons. The van der Waals surface area contributed by atoms with Crippen LogP contribution in [0, 0.1) is 5.82 Å². The van der Waals surface area contributed by atoms with Crippen molar-refractivity contribution in [2.24, 2.45) is 0 Å². The van der Waals surface area contributed by atoms with Gasteiger partial charge in [0.25, 0.3) is 0 Å². The zero-order chi connectivity index (χ0) is 11.7. The van der Waals surface area contributed by atoms with Crippen LogP contribution in [0.1, 0.15) is 6.42 Å². The Morgan fingerprint density at radius 1 is 1.35 bits per heavy atom. The first-order chi connectivity index (χ1) is 8.34. The average molecular weight is 231 g/mol. The lowest BCUT2D eigenvalue weighted by Gasteiger charge is -2.15. The molecule has 1 aromatic heterocycles. The maximum Gasteiger partial charge on any atom is 0.147 e. The van der Waals surface area contributed by atoms with Crippen molar-refractivity contribution in [2.75, 3.05) is 18.4 Å². The van der Waals surface area contributed by atoms with E-state index in [-0.39, 0.29) is 5.82 Å². The summed E-state index contributed by atoms with van der Waals surface area (Å²) in [5, 5.41) is 7.38. The van der Waals surface area contributed by atoms with Gasteiger partial charge in [-0.25, -0.2) is 4.39 Å². The molecule has 3 nitrogen and oxygen atoms in total. The largest absolute Gasteiger partial charge is 0.378 e. The van der Waals surface area contributed by atoms with Crippen LogP contribution in [0.4, 0.5) is 10.1 Å². The van der Waals surface area contributed by atoms with Crippen molar-refractivity contribution in [1.29, 1.82) is 0 Å². The molecule has 0 saturated carbocycles. The van der Waals surface area contributed by atoms with E-state index in [1.165, 1.54) is 6.07 Å². The highest BCUT2D eigenvalue weighted by atomic mass is 19.1. The number of hydrogen-bond acceptors (Lipinski definition) is 3. The van der Waals surface area contributed by atoms with Gasteiger partial charge in [0, 0.05) is 24.2 Å². The van der Waals surface area contributed by atoms with Gasteiger partial charge in [0.05, 0.1) is 11.2 Å². The molecule has 1 unspecified atom stereocenters. The normalized spacial score (nSPS) is 19.7. The third kappa shape index (κ3) is 1.96. The Morgan fingerprint density at radius 2 is 2.29 bits per heavy atom. The lowest BCUT2D eigenvalue weighted by molar-refractivity contribution is 0.628. The second-order valence-electron chi connectivity index (χ2n) is 4.33. The number of nitrogens with one attached hydrogen (secondary N) is 2. The summed E-state index contributed by atoms with van der Waals surface area (Å²) in [6.45, 7) is 1.87. The second kappa shape index (κ2) is 4.30. The van der Waals surface area contributed by atoms with Crippen LogP contribution in [0.5, 0.6) is 0 Å². The van der Waals surface area contributed by atoms with E-state index in [1.54, 1.807) is 12.3 Å². The standard InChI is InChI=1S/C13H14FN3/c14-11-3-4-12-10(2-1-6-16-12)13(11)17-9-5-7-15-8-9/h1-4,6,9,15,17H,5,7-8H2. The van der Waals surface area contributed by atoms with Crippen LogP contribution in [0.15, 0.2) is 30.5 Å². The lowest BCUT2D eigenvalue weighted by atomic mass is 10.1. The van der Waals surface area contributed by atoms with E-state index in [4.69, 9.17) is 0 Å². The van der Waals surface area contributed by atoms with Gasteiger partial charge >= 0.3 is 0 Å². The Balaban J connectivity index is 2.03. The van der Waals surface area contributed by atoms with E-state index in [0.29, 0.717) is 11.7 Å². The topological polar surface area (TPSA) is 37.0 Å². The minimum absolute atomic E-state index is 0.211. The Bertz CT molecular complexity index is 535. The molecule has 1 aromatic carbocycles. The number of halogens is 1. The van der Waals surface area contributed by atoms with Gasteiger partial charge in [-0.3, -0.25) is 4.98 Å². The summed E-state index contributed by atoms with van der Waals surface area (Å²) in [6, 6.07) is 7.22. The van der Waals surface area contributed by atoms with Gasteiger partial charge in [-0.05, 0) is 37.2 Å². The molecular formula is C13H14FN3. The first kappa shape index (κ1) is 10.5. The summed E-state index contributed by atoms with van der Waals surface area (Å²) >= 11 is 0. The van der Waals surface area contributed by atoms with Gasteiger partial charge in [0.2, 0.25) is 0 Å². The molecule has 17 heavy (non-hydrogen) atoms. The van der Waals surface area contributed by atoms with Gasteiger partial charge in [0.1, 0.15) is 5.82 Å². The number of benzene rings is 1. The fourth-order valence-corrected chi connectivity index (χ4v) is 2.25. The van der Waals surface area contributed by atoms with E-state index in [1.807, 2.05) is 12.1 Å². The molecule has 4 heteroatoms. The number of anilines is 1. The molecule has 0 bridgehead atoms. The number of fused-ring (bicyclic) bond motifs is 1. The molecule has 0 amide bonds. The highest BCUT2D eigenvalue weighted by Crippen LogP contribution is 2.26. The Kier molecular flexibility index (Phi) is 2.65. The highest BCUT2D eigenvalue weighted by Gasteiger charge is 2.17. The molecule has 3 rings (SSSR count). The Labute approximate surface area is 99.1 Å². The number of aromatic nitrogens is 1. The molecule has 0 spiro atoms. The summed E-state index contributed by atoms with van der Waals surface area (Å²) in [5.41, 5.74) is 1.40. The van der Waals surface area contributed by atoms with Crippen molar-refractivity contribution in [2.45, 2.75) is 12.5 Å². The smallest absolute Gasteiger partial charge is 0.147 e. The van der Waals surface area contributed by atoms with Crippen molar-refractivity contribution in [3.05, 3.63) is 36.3 Å². The van der Waals surface area contributed by atoms with Crippen LogP contribution in [-0.4, -0.2) is 24.1 Å². The van der Waals surface area contributed by atoms with E-state index >= 15 is 0 Å². The first-order valence-electron chi connectivity index (χ1n) is 5.85. The van der Waals surface area contributed by atoms with Crippen LogP contribution < -0.4 is 10.6 Å². The van der Waals surface area contributed by atoms with Crippen LogP contribution in [-0.2, 0) is 0 Å². The van der Waals surface area contributed by atoms with E-state index in [9.17, 15) is 4.39 Å². The summed E-state index contributed by atoms with van der Waals surface area (Å²) in [6.07, 6.45) is 2.75. The number of rotatable bonds is 2. The fraction of sp³-hybridized carbons (Fsp3) is 0.308. The molecule has 2 N–H and O–H groups in total. The first-order valence-corrected chi connectivity index (χ1v) is 5.85. The molecule has 1 fully saturated rings. The highest BCUT2D eigenvalue weighted by molar-refractivity contribution is 5.91. The molecule has 1 saturated heterocycles. The minimum Gasteiger partial charge on any atom is -0.378 e. The van der Waals surface area contributed by atoms with Crippen molar-refractivity contribution in [1.82, 2.24) is 10.3 Å². The van der Waals surface area contributed by atoms with Crippen molar-refractivity contribution < 1.29 is 4.39 Å². The van der Waals surface area contributed by atoms with Crippen LogP contribution in [0.3, 0.4) is 0 Å². The van der Waals surface area contributed by atoms with Crippen molar-refractivity contribution in [3.8, 4) is 0 Å². The monoisotopic (exact) mass is 231 g/mol. The molecular weight excluding hydrogens is 217 g/mol. The number of nitrogens with zero attached hydrogens (tertiary/aromatic N) is 1. The second-order valence-corrected chi connectivity index (χ2v) is 4.33. The van der Waals surface area contributed by atoms with E-state index in [2.05, 4.69) is 15.6 Å². The molecule has 2 aromatic rings. The van der Waals surface area contributed by atoms with Crippen LogP contribution in [0.2, 0.25) is 0 Å². The van der Waals surface area contributed by atoms with Crippen LogP contribution in [0.25, 0.3) is 10.9 Å². The third-order valence-electron chi connectivity index (χ3n) is 3.14. The predicted octanol–water partition coefficient (Wildman–Crippen LogP) is 2.15. The zero-order valence-electron chi connectivity index (χ0n) is 9.41. The van der Waals surface area contributed by atoms with Gasteiger partial charge in [-0.15, -0.1) is 0 Å². The van der Waals surface area contributed by atoms with E-state index < -0.39 is 0 Å². The minimum atomic E-state index is -0.211. The Morgan fingerprint density at radius 3 is 3.12 bits per heavy atom. The number of pyridine rings is 1. The molecule has 1 aliphatic rings. The molecule has 1 aliphatic heterocycles. The molecule has 88 valence electrons. The zero-order valence-corrected chi connectivity index (χ0v) is 9.41. The maximum absolute atomic E-state index is 13.9. The summed E-state index contributed by atoms with van der Waals surface area (Å²) in [7, 11) is 0. The molecule has 0 aliphatic carbocycles. The van der Waals surface area contributed by atoms with Gasteiger partial charge in [-0.2, -0.15) is 0 Å². The van der Waals surface area contributed by atoms with Crippen molar-refractivity contribution in [3.63, 3.8) is 0 Å². The van der Waals surface area contributed by atoms with Gasteiger partial charge in [-0.1, -0.05) is 0 Å². The maximum atomic E-state index is 13.9. The Hall–Kier alpha value is -1.68. The van der Waals surface area contributed by atoms with Gasteiger partial charge in [0.15, 0.2) is 0 Å². The third-order valence-corrected chi connectivity index (χ3v) is 3.14. The van der Waals surface area contributed by atoms with Crippen molar-refractivity contribution >= 4 is 16.6 Å². The lowest BCUT2D eigenvalue weighted by Crippen LogP contribution is -2.22. The molecule has 1 atom stereocenters. The fourth-order valence-electron chi connectivity index (χ4n) is 2.25. The summed E-state index contributed by atoms with van der Waals surface area (Å²) < 4.78 is 13.9.